The van der Waals surface area contributed by atoms with Crippen LogP contribution in [0.5, 0.6) is 5.75 Å². The molecule has 0 heterocycles. The van der Waals surface area contributed by atoms with E-state index in [4.69, 9.17) is 10.8 Å². The van der Waals surface area contributed by atoms with Crippen LogP contribution in [-0.4, -0.2) is 30.7 Å². The molecular weight excluding hydrogens is 285 g/mol. The first-order valence-electron chi connectivity index (χ1n) is 6.69. The van der Waals surface area contributed by atoms with E-state index < -0.39 is 6.36 Å². The van der Waals surface area contributed by atoms with Gasteiger partial charge in [-0.3, -0.25) is 0 Å². The lowest BCUT2D eigenvalue weighted by Crippen LogP contribution is -2.39. The Morgan fingerprint density at radius 1 is 1.24 bits per heavy atom. The molecule has 21 heavy (non-hydrogen) atoms. The molecule has 7 heteroatoms. The van der Waals surface area contributed by atoms with Crippen LogP contribution in [0.4, 0.5) is 13.2 Å². The molecule has 1 rings (SSSR count). The molecule has 0 amide bonds. The first-order valence-corrected chi connectivity index (χ1v) is 6.69. The average Bonchev–Trinajstić information content (AvgIpc) is 2.43. The van der Waals surface area contributed by atoms with Crippen LogP contribution in [-0.2, 0) is 0 Å². The standard InChI is InChI=1S/C14H21F3N2O2/c1-9(8-20)10(2)19-13(7-18)11-3-5-12(6-4-11)21-14(15,16)17/h3-6,9-10,13,19-20H,7-8,18H2,1-2H3. The molecule has 0 spiro atoms. The van der Waals surface area contributed by atoms with Crippen molar-refractivity contribution in [3.63, 3.8) is 0 Å². The fourth-order valence-corrected chi connectivity index (χ4v) is 1.84. The van der Waals surface area contributed by atoms with Crippen molar-refractivity contribution < 1.29 is 23.0 Å². The van der Waals surface area contributed by atoms with E-state index in [0.717, 1.165) is 5.56 Å². The molecule has 0 radical (unpaired) electrons. The zero-order valence-electron chi connectivity index (χ0n) is 12.0. The van der Waals surface area contributed by atoms with Crippen LogP contribution < -0.4 is 15.8 Å². The van der Waals surface area contributed by atoms with Gasteiger partial charge in [-0.1, -0.05) is 19.1 Å². The van der Waals surface area contributed by atoms with Crippen molar-refractivity contribution in [2.45, 2.75) is 32.3 Å². The summed E-state index contributed by atoms with van der Waals surface area (Å²) in [6.45, 7) is 4.15. The minimum Gasteiger partial charge on any atom is -0.406 e. The van der Waals surface area contributed by atoms with Crippen molar-refractivity contribution in [2.75, 3.05) is 13.2 Å². The molecule has 0 aliphatic carbocycles. The molecule has 3 atom stereocenters. The molecule has 0 aliphatic heterocycles. The maximum Gasteiger partial charge on any atom is 0.573 e. The van der Waals surface area contributed by atoms with Crippen LogP contribution in [0.25, 0.3) is 0 Å². The van der Waals surface area contributed by atoms with E-state index >= 15 is 0 Å². The van der Waals surface area contributed by atoms with E-state index in [1.807, 2.05) is 13.8 Å². The lowest BCUT2D eigenvalue weighted by molar-refractivity contribution is -0.274. The molecule has 4 nitrogen and oxygen atoms in total. The molecule has 1 aromatic carbocycles. The number of hydrogen-bond donors (Lipinski definition) is 3. The molecule has 0 saturated heterocycles. The highest BCUT2D eigenvalue weighted by Gasteiger charge is 2.31. The fourth-order valence-electron chi connectivity index (χ4n) is 1.84. The first kappa shape index (κ1) is 17.7. The Hall–Kier alpha value is -1.31. The monoisotopic (exact) mass is 306 g/mol. The van der Waals surface area contributed by atoms with E-state index in [0.29, 0.717) is 6.54 Å². The van der Waals surface area contributed by atoms with Gasteiger partial charge in [0.2, 0.25) is 0 Å². The summed E-state index contributed by atoms with van der Waals surface area (Å²) in [5.74, 6) is -0.217. The Morgan fingerprint density at radius 2 is 1.81 bits per heavy atom. The summed E-state index contributed by atoms with van der Waals surface area (Å²) in [6.07, 6.45) is -4.70. The molecule has 0 bridgehead atoms. The highest BCUT2D eigenvalue weighted by Crippen LogP contribution is 2.24. The average molecular weight is 306 g/mol. The molecule has 0 fully saturated rings. The van der Waals surface area contributed by atoms with Crippen molar-refractivity contribution in [1.29, 1.82) is 0 Å². The van der Waals surface area contributed by atoms with Crippen molar-refractivity contribution in [1.82, 2.24) is 5.32 Å². The van der Waals surface area contributed by atoms with Gasteiger partial charge in [0.05, 0.1) is 0 Å². The lowest BCUT2D eigenvalue weighted by atomic mass is 10.0. The van der Waals surface area contributed by atoms with Crippen LogP contribution in [0.1, 0.15) is 25.5 Å². The van der Waals surface area contributed by atoms with Crippen LogP contribution >= 0.6 is 0 Å². The summed E-state index contributed by atoms with van der Waals surface area (Å²) in [7, 11) is 0. The number of alkyl halides is 3. The summed E-state index contributed by atoms with van der Waals surface area (Å²) in [6, 6.07) is 5.42. The second-order valence-electron chi connectivity index (χ2n) is 5.02. The van der Waals surface area contributed by atoms with E-state index in [1.165, 1.54) is 12.1 Å². The van der Waals surface area contributed by atoms with Crippen LogP contribution in [0.15, 0.2) is 24.3 Å². The molecule has 0 aliphatic rings. The third-order valence-corrected chi connectivity index (χ3v) is 3.36. The predicted octanol–water partition coefficient (Wildman–Crippen LogP) is 2.19. The van der Waals surface area contributed by atoms with Gasteiger partial charge in [-0.15, -0.1) is 13.2 Å². The van der Waals surface area contributed by atoms with E-state index in [-0.39, 0.29) is 30.4 Å². The van der Waals surface area contributed by atoms with Gasteiger partial charge in [0, 0.05) is 25.2 Å². The highest BCUT2D eigenvalue weighted by molar-refractivity contribution is 5.29. The highest BCUT2D eigenvalue weighted by atomic mass is 19.4. The number of rotatable bonds is 7. The lowest BCUT2D eigenvalue weighted by Gasteiger charge is -2.26. The first-order chi connectivity index (χ1) is 9.76. The Bertz CT molecular complexity index is 423. The summed E-state index contributed by atoms with van der Waals surface area (Å²) < 4.78 is 40.1. The van der Waals surface area contributed by atoms with Gasteiger partial charge in [0.15, 0.2) is 0 Å². The van der Waals surface area contributed by atoms with Gasteiger partial charge in [-0.25, -0.2) is 0 Å². The van der Waals surface area contributed by atoms with Crippen LogP contribution in [0, 0.1) is 5.92 Å². The topological polar surface area (TPSA) is 67.5 Å². The summed E-state index contributed by atoms with van der Waals surface area (Å²) in [5.41, 5.74) is 6.47. The Balaban J connectivity index is 2.73. The number of halogens is 3. The Kier molecular flexibility index (Phi) is 6.44. The molecule has 3 unspecified atom stereocenters. The third-order valence-electron chi connectivity index (χ3n) is 3.36. The maximum atomic E-state index is 12.1. The maximum absolute atomic E-state index is 12.1. The van der Waals surface area contributed by atoms with Gasteiger partial charge in [0.25, 0.3) is 0 Å². The van der Waals surface area contributed by atoms with Gasteiger partial charge < -0.3 is 20.9 Å². The third kappa shape index (κ3) is 5.91. The smallest absolute Gasteiger partial charge is 0.406 e. The zero-order valence-corrected chi connectivity index (χ0v) is 12.0. The largest absolute Gasteiger partial charge is 0.573 e. The van der Waals surface area contributed by atoms with Gasteiger partial charge >= 0.3 is 6.36 Å². The zero-order chi connectivity index (χ0) is 16.0. The molecular formula is C14H21F3N2O2. The minimum absolute atomic E-state index is 0.0228. The number of aliphatic hydroxyl groups is 1. The summed E-state index contributed by atoms with van der Waals surface area (Å²) >= 11 is 0. The van der Waals surface area contributed by atoms with E-state index in [2.05, 4.69) is 10.1 Å². The quantitative estimate of drug-likeness (QED) is 0.722. The normalized spacial score (nSPS) is 16.3. The van der Waals surface area contributed by atoms with Crippen molar-refractivity contribution in [3.8, 4) is 5.75 Å². The molecule has 120 valence electrons. The van der Waals surface area contributed by atoms with Gasteiger partial charge in [-0.05, 0) is 30.5 Å². The molecule has 0 saturated carbocycles. The number of nitrogens with one attached hydrogen (secondary N) is 1. The predicted molar refractivity (Wildman–Crippen MR) is 73.8 cm³/mol. The van der Waals surface area contributed by atoms with Gasteiger partial charge in [0.1, 0.15) is 5.75 Å². The second kappa shape index (κ2) is 7.63. The number of benzene rings is 1. The van der Waals surface area contributed by atoms with Gasteiger partial charge in [-0.2, -0.15) is 0 Å². The van der Waals surface area contributed by atoms with E-state index in [9.17, 15) is 13.2 Å². The molecule has 1 aromatic rings. The van der Waals surface area contributed by atoms with Crippen molar-refractivity contribution in [2.24, 2.45) is 11.7 Å². The van der Waals surface area contributed by atoms with Crippen molar-refractivity contribution >= 4 is 0 Å². The fraction of sp³-hybridized carbons (Fsp3) is 0.571. The Labute approximate surface area is 122 Å². The summed E-state index contributed by atoms with van der Waals surface area (Å²) in [5, 5.41) is 12.4. The number of aliphatic hydroxyl groups excluding tert-OH is 1. The second-order valence-corrected chi connectivity index (χ2v) is 5.02. The number of ether oxygens (including phenoxy) is 1. The van der Waals surface area contributed by atoms with Crippen LogP contribution in [0.3, 0.4) is 0 Å². The minimum atomic E-state index is -4.70. The number of hydrogen-bond acceptors (Lipinski definition) is 4. The molecule has 4 N–H and O–H groups in total. The van der Waals surface area contributed by atoms with Crippen molar-refractivity contribution in [3.05, 3.63) is 29.8 Å². The van der Waals surface area contributed by atoms with E-state index in [1.54, 1.807) is 12.1 Å². The van der Waals surface area contributed by atoms with Crippen LogP contribution in [0.2, 0.25) is 0 Å². The number of nitrogens with two attached hydrogens (primary N) is 1. The Morgan fingerprint density at radius 3 is 2.24 bits per heavy atom. The SMILES string of the molecule is CC(CO)C(C)NC(CN)c1ccc(OC(F)(F)F)cc1. The summed E-state index contributed by atoms with van der Waals surface area (Å²) in [4.78, 5) is 0. The molecule has 0 aromatic heterocycles.